The van der Waals surface area contributed by atoms with Crippen molar-refractivity contribution in [3.05, 3.63) is 47.7 Å². The van der Waals surface area contributed by atoms with Crippen LogP contribution in [-0.4, -0.2) is 61.1 Å². The Morgan fingerprint density at radius 1 is 1.33 bits per heavy atom. The van der Waals surface area contributed by atoms with E-state index in [4.69, 9.17) is 4.74 Å². The molecule has 1 aromatic heterocycles. The highest BCUT2D eigenvalue weighted by Gasteiger charge is 2.26. The maximum Gasteiger partial charge on any atom is 0.259 e. The molecule has 8 heteroatoms. The molecule has 0 bridgehead atoms. The molecule has 27 heavy (non-hydrogen) atoms. The van der Waals surface area contributed by atoms with E-state index in [1.165, 1.54) is 18.6 Å². The van der Waals surface area contributed by atoms with Crippen LogP contribution in [0.25, 0.3) is 0 Å². The summed E-state index contributed by atoms with van der Waals surface area (Å²) in [5, 5.41) is 3.02. The van der Waals surface area contributed by atoms with E-state index in [0.29, 0.717) is 43.2 Å². The fourth-order valence-electron chi connectivity index (χ4n) is 2.99. The van der Waals surface area contributed by atoms with Crippen LogP contribution in [0, 0.1) is 5.82 Å². The Bertz CT molecular complexity index is 801. The Labute approximate surface area is 158 Å². The van der Waals surface area contributed by atoms with Crippen LogP contribution in [0.5, 0.6) is 5.75 Å². The third-order valence-electron chi connectivity index (χ3n) is 4.47. The second-order valence-electron chi connectivity index (χ2n) is 6.48. The minimum Gasteiger partial charge on any atom is -0.490 e. The summed E-state index contributed by atoms with van der Waals surface area (Å²) >= 11 is 0. The molecular formula is C19H24FN5O2. The molecule has 2 heterocycles. The molecule has 144 valence electrons. The third kappa shape index (κ3) is 4.51. The van der Waals surface area contributed by atoms with Gasteiger partial charge in [0, 0.05) is 32.9 Å². The zero-order valence-electron chi connectivity index (χ0n) is 15.6. The molecule has 0 radical (unpaired) electrons. The van der Waals surface area contributed by atoms with Crippen LogP contribution >= 0.6 is 0 Å². The topological polar surface area (TPSA) is 70.6 Å². The van der Waals surface area contributed by atoms with Gasteiger partial charge >= 0.3 is 0 Å². The van der Waals surface area contributed by atoms with Crippen LogP contribution in [0.15, 0.2) is 30.7 Å². The standard InChI is InChI=1S/C19H24FN5O2/c1-21-6-3-9-27-17-5-4-14(10-16(17)20)12-25-8-7-24(2)18-15(19(25)26)11-22-13-23-18/h4-5,10-11,13,21H,3,6-9,12H2,1-2H3. The predicted molar refractivity (Wildman–Crippen MR) is 100 cm³/mol. The fraction of sp³-hybridized carbons (Fsp3) is 0.421. The lowest BCUT2D eigenvalue weighted by Crippen LogP contribution is -2.33. The van der Waals surface area contributed by atoms with Crippen molar-refractivity contribution in [1.29, 1.82) is 0 Å². The molecule has 0 spiro atoms. The Balaban J connectivity index is 1.70. The van der Waals surface area contributed by atoms with Crippen molar-refractivity contribution in [2.24, 2.45) is 0 Å². The van der Waals surface area contributed by atoms with E-state index >= 15 is 0 Å². The molecule has 3 rings (SSSR count). The summed E-state index contributed by atoms with van der Waals surface area (Å²) in [4.78, 5) is 24.6. The van der Waals surface area contributed by atoms with Crippen LogP contribution in [0.1, 0.15) is 22.3 Å². The minimum atomic E-state index is -0.417. The van der Waals surface area contributed by atoms with Gasteiger partial charge < -0.3 is 19.9 Å². The first-order valence-corrected chi connectivity index (χ1v) is 8.96. The summed E-state index contributed by atoms with van der Waals surface area (Å²) in [6.45, 7) is 2.75. The molecule has 0 saturated carbocycles. The van der Waals surface area contributed by atoms with E-state index in [0.717, 1.165) is 13.0 Å². The zero-order chi connectivity index (χ0) is 19.2. The molecule has 0 aliphatic carbocycles. The summed E-state index contributed by atoms with van der Waals surface area (Å²) < 4.78 is 19.8. The first-order chi connectivity index (χ1) is 13.1. The monoisotopic (exact) mass is 373 g/mol. The lowest BCUT2D eigenvalue weighted by molar-refractivity contribution is 0.0754. The molecule has 7 nitrogen and oxygen atoms in total. The quantitative estimate of drug-likeness (QED) is 0.745. The van der Waals surface area contributed by atoms with Gasteiger partial charge in [-0.2, -0.15) is 0 Å². The molecule has 2 aromatic rings. The van der Waals surface area contributed by atoms with Gasteiger partial charge in [-0.1, -0.05) is 6.07 Å². The summed E-state index contributed by atoms with van der Waals surface area (Å²) in [5.41, 5.74) is 1.17. The number of carbonyl (C=O) groups excluding carboxylic acids is 1. The number of carbonyl (C=O) groups is 1. The average molecular weight is 373 g/mol. The van der Waals surface area contributed by atoms with Gasteiger partial charge in [0.2, 0.25) is 0 Å². The van der Waals surface area contributed by atoms with Crippen molar-refractivity contribution in [2.75, 3.05) is 45.2 Å². The third-order valence-corrected chi connectivity index (χ3v) is 4.47. The highest BCUT2D eigenvalue weighted by atomic mass is 19.1. The highest BCUT2D eigenvalue weighted by molar-refractivity contribution is 5.99. The number of likely N-dealkylation sites (N-methyl/N-ethyl adjacent to an activating group) is 1. The van der Waals surface area contributed by atoms with Crippen molar-refractivity contribution < 1.29 is 13.9 Å². The smallest absolute Gasteiger partial charge is 0.259 e. The molecule has 1 amide bonds. The number of benzene rings is 1. The Hall–Kier alpha value is -2.74. The van der Waals surface area contributed by atoms with Crippen LogP contribution in [0.2, 0.25) is 0 Å². The van der Waals surface area contributed by atoms with Gasteiger partial charge in [0.1, 0.15) is 17.7 Å². The number of amides is 1. The zero-order valence-corrected chi connectivity index (χ0v) is 15.6. The van der Waals surface area contributed by atoms with E-state index in [9.17, 15) is 9.18 Å². The Morgan fingerprint density at radius 2 is 2.19 bits per heavy atom. The number of fused-ring (bicyclic) bond motifs is 1. The maximum atomic E-state index is 14.3. The van der Waals surface area contributed by atoms with Crippen LogP contribution in [0.4, 0.5) is 10.2 Å². The van der Waals surface area contributed by atoms with Crippen molar-refractivity contribution in [3.63, 3.8) is 0 Å². The Morgan fingerprint density at radius 3 is 2.96 bits per heavy atom. The van der Waals surface area contributed by atoms with E-state index in [-0.39, 0.29) is 11.7 Å². The number of rotatable bonds is 7. The molecular weight excluding hydrogens is 349 g/mol. The predicted octanol–water partition coefficient (Wildman–Crippen LogP) is 1.70. The van der Waals surface area contributed by atoms with Crippen molar-refractivity contribution >= 4 is 11.7 Å². The second-order valence-corrected chi connectivity index (χ2v) is 6.48. The van der Waals surface area contributed by atoms with Crippen molar-refractivity contribution in [3.8, 4) is 5.75 Å². The lowest BCUT2D eigenvalue weighted by Gasteiger charge is -2.21. The number of halogens is 1. The number of ether oxygens (including phenoxy) is 1. The van der Waals surface area contributed by atoms with Crippen LogP contribution in [0.3, 0.4) is 0 Å². The number of aromatic nitrogens is 2. The van der Waals surface area contributed by atoms with Gasteiger partial charge in [0.15, 0.2) is 11.6 Å². The van der Waals surface area contributed by atoms with Gasteiger partial charge in [-0.05, 0) is 37.7 Å². The number of nitrogens with zero attached hydrogens (tertiary/aromatic N) is 4. The van der Waals surface area contributed by atoms with E-state index in [2.05, 4.69) is 15.3 Å². The van der Waals surface area contributed by atoms with Gasteiger partial charge in [-0.3, -0.25) is 4.79 Å². The molecule has 0 atom stereocenters. The second kappa shape index (κ2) is 8.77. The maximum absolute atomic E-state index is 14.3. The first-order valence-electron chi connectivity index (χ1n) is 8.96. The average Bonchev–Trinajstić information content (AvgIpc) is 2.79. The van der Waals surface area contributed by atoms with E-state index < -0.39 is 5.82 Å². The highest BCUT2D eigenvalue weighted by Crippen LogP contribution is 2.23. The number of anilines is 1. The van der Waals surface area contributed by atoms with Crippen LogP contribution in [-0.2, 0) is 6.54 Å². The number of nitrogens with one attached hydrogen (secondary N) is 1. The van der Waals surface area contributed by atoms with Crippen molar-refractivity contribution in [1.82, 2.24) is 20.2 Å². The largest absolute Gasteiger partial charge is 0.490 e. The van der Waals surface area contributed by atoms with Gasteiger partial charge in [0.25, 0.3) is 5.91 Å². The molecule has 1 aromatic carbocycles. The molecule has 0 fully saturated rings. The summed E-state index contributed by atoms with van der Waals surface area (Å²) in [7, 11) is 3.75. The van der Waals surface area contributed by atoms with Gasteiger partial charge in [-0.25, -0.2) is 14.4 Å². The number of hydrogen-bond donors (Lipinski definition) is 1. The fourth-order valence-corrected chi connectivity index (χ4v) is 2.99. The van der Waals surface area contributed by atoms with E-state index in [1.54, 1.807) is 17.0 Å². The minimum absolute atomic E-state index is 0.150. The molecule has 1 N–H and O–H groups in total. The molecule has 1 aliphatic rings. The summed E-state index contributed by atoms with van der Waals surface area (Å²) in [6, 6.07) is 4.84. The summed E-state index contributed by atoms with van der Waals surface area (Å²) in [6.07, 6.45) is 3.76. The normalized spacial score (nSPS) is 14.1. The lowest BCUT2D eigenvalue weighted by atomic mass is 10.1. The van der Waals surface area contributed by atoms with Gasteiger partial charge in [-0.15, -0.1) is 0 Å². The summed E-state index contributed by atoms with van der Waals surface area (Å²) in [5.74, 6) is 0.285. The molecule has 0 unspecified atom stereocenters. The Kier molecular flexibility index (Phi) is 6.18. The van der Waals surface area contributed by atoms with Crippen molar-refractivity contribution in [2.45, 2.75) is 13.0 Å². The molecule has 1 aliphatic heterocycles. The molecule has 0 saturated heterocycles. The number of hydrogen-bond acceptors (Lipinski definition) is 6. The van der Waals surface area contributed by atoms with Gasteiger partial charge in [0.05, 0.1) is 6.61 Å². The first kappa shape index (κ1) is 19.0. The van der Waals surface area contributed by atoms with Crippen LogP contribution < -0.4 is 15.0 Å². The SMILES string of the molecule is CNCCCOc1ccc(CN2CCN(C)c3ncncc3C2=O)cc1F. The van der Waals surface area contributed by atoms with E-state index in [1.807, 2.05) is 19.0 Å².